The molecule has 5 aromatic rings. The van der Waals surface area contributed by atoms with E-state index >= 15 is 0 Å². The third kappa shape index (κ3) is 6.78. The molecular weight excluding hydrogens is 774 g/mol. The molecule has 16 heteroatoms. The third-order valence-corrected chi connectivity index (χ3v) is 12.6. The number of nitrogens with one attached hydrogen (secondary N) is 3. The second-order valence-corrected chi connectivity index (χ2v) is 16.2. The summed E-state index contributed by atoms with van der Waals surface area (Å²) in [5, 5.41) is 6.79. The quantitative estimate of drug-likeness (QED) is 0.134. The number of imide groups is 2. The highest BCUT2D eigenvalue weighted by Gasteiger charge is 2.46. The van der Waals surface area contributed by atoms with Crippen LogP contribution in [0.5, 0.6) is 11.5 Å². The van der Waals surface area contributed by atoms with Crippen LogP contribution in [0.2, 0.25) is 5.02 Å². The predicted molar refractivity (Wildman–Crippen MR) is 218 cm³/mol. The number of ether oxygens (including phenoxy) is 1. The molecule has 4 fully saturated rings. The Balaban J connectivity index is 0.714. The molecule has 1 unspecified atom stereocenters. The average molecular weight is 814 g/mol. The van der Waals surface area contributed by atoms with E-state index in [2.05, 4.69) is 40.3 Å². The Kier molecular flexibility index (Phi) is 9.38. The molecule has 0 radical (unpaired) electrons. The summed E-state index contributed by atoms with van der Waals surface area (Å²) in [6.45, 7) is 5.55. The van der Waals surface area contributed by atoms with Gasteiger partial charge in [0.15, 0.2) is 5.78 Å². The van der Waals surface area contributed by atoms with Crippen LogP contribution in [0.1, 0.15) is 62.3 Å². The predicted octanol–water partition coefficient (Wildman–Crippen LogP) is 4.49. The minimum atomic E-state index is -0.976. The van der Waals surface area contributed by atoms with Crippen LogP contribution < -0.4 is 20.3 Å². The number of ketones is 1. The number of amides is 4. The number of para-hydroxylation sites is 1. The molecule has 5 aliphatic rings. The molecule has 4 saturated heterocycles. The fraction of sp³-hybridized carbons (Fsp3) is 0.326. The average Bonchev–Trinajstić information content (AvgIpc) is 3.74. The summed E-state index contributed by atoms with van der Waals surface area (Å²) in [5.41, 5.74) is 2.84. The van der Waals surface area contributed by atoms with Gasteiger partial charge in [0.1, 0.15) is 35.3 Å². The van der Waals surface area contributed by atoms with Gasteiger partial charge in [-0.2, -0.15) is 0 Å². The number of piperidine rings is 2. The van der Waals surface area contributed by atoms with Crippen LogP contribution >= 0.6 is 11.6 Å². The largest absolute Gasteiger partial charge is 0.457 e. The van der Waals surface area contributed by atoms with E-state index in [0.717, 1.165) is 62.7 Å². The number of hydrogen-bond acceptors (Lipinski definition) is 12. The Morgan fingerprint density at radius 3 is 2.32 bits per heavy atom. The number of anilines is 2. The number of hydrogen-bond donors (Lipinski definition) is 3. The third-order valence-electron chi connectivity index (χ3n) is 12.3. The van der Waals surface area contributed by atoms with Gasteiger partial charge in [-0.15, -0.1) is 0 Å². The number of benzene rings is 3. The van der Waals surface area contributed by atoms with Crippen molar-refractivity contribution in [3.05, 3.63) is 107 Å². The van der Waals surface area contributed by atoms with Gasteiger partial charge in [-0.1, -0.05) is 29.8 Å². The number of carbonyl (C=O) groups is 5. The van der Waals surface area contributed by atoms with E-state index in [-0.39, 0.29) is 35.3 Å². The SMILES string of the molecule is O=C1CCC(N2C(=O)c3ccc(N4CC(N5CC(N6CCC(Nc7ncnc8[nH]cc(C(=O)c9ccc(Oc%10ccccc%10)cc9Cl)c78)CC6)C5)C4)cc3C2=O)C(=O)N1. The molecule has 3 N–H and O–H groups in total. The van der Waals surface area contributed by atoms with Gasteiger partial charge in [-0.3, -0.25) is 44.0 Å². The molecule has 4 amide bonds. The van der Waals surface area contributed by atoms with Gasteiger partial charge in [-0.05, 0) is 61.7 Å². The number of aromatic nitrogens is 3. The molecule has 0 saturated carbocycles. The molecule has 59 heavy (non-hydrogen) atoms. The summed E-state index contributed by atoms with van der Waals surface area (Å²) < 4.78 is 5.90. The van der Waals surface area contributed by atoms with Crippen molar-refractivity contribution >= 4 is 63.6 Å². The Labute approximate surface area is 343 Å². The van der Waals surface area contributed by atoms with E-state index in [9.17, 15) is 24.0 Å². The smallest absolute Gasteiger partial charge is 0.262 e. The summed E-state index contributed by atoms with van der Waals surface area (Å²) in [5.74, 6) is -0.397. The highest BCUT2D eigenvalue weighted by molar-refractivity contribution is 6.36. The van der Waals surface area contributed by atoms with Gasteiger partial charge in [0.2, 0.25) is 11.8 Å². The first kappa shape index (κ1) is 37.1. The topological polar surface area (TPSA) is 173 Å². The summed E-state index contributed by atoms with van der Waals surface area (Å²) in [6.07, 6.45) is 5.25. The zero-order valence-electron chi connectivity index (χ0n) is 31.9. The van der Waals surface area contributed by atoms with Crippen molar-refractivity contribution in [3.8, 4) is 11.5 Å². The van der Waals surface area contributed by atoms with E-state index in [4.69, 9.17) is 16.3 Å². The van der Waals surface area contributed by atoms with E-state index in [1.54, 1.807) is 36.5 Å². The fourth-order valence-electron chi connectivity index (χ4n) is 8.94. The second-order valence-electron chi connectivity index (χ2n) is 15.8. The molecule has 2 aromatic heterocycles. The number of likely N-dealkylation sites (tertiary alicyclic amines) is 2. The Morgan fingerprint density at radius 1 is 0.797 bits per heavy atom. The Hall–Kier alpha value is -6.16. The maximum Gasteiger partial charge on any atom is 0.262 e. The summed E-state index contributed by atoms with van der Waals surface area (Å²) in [7, 11) is 0. The monoisotopic (exact) mass is 813 g/mol. The van der Waals surface area contributed by atoms with Gasteiger partial charge >= 0.3 is 0 Å². The first-order chi connectivity index (χ1) is 28.7. The summed E-state index contributed by atoms with van der Waals surface area (Å²) in [6, 6.07) is 19.8. The number of H-pyrrole nitrogens is 1. The van der Waals surface area contributed by atoms with Gasteiger partial charge in [0.25, 0.3) is 11.8 Å². The van der Waals surface area contributed by atoms with Crippen molar-refractivity contribution in [2.24, 2.45) is 0 Å². The fourth-order valence-corrected chi connectivity index (χ4v) is 9.19. The van der Waals surface area contributed by atoms with Crippen molar-refractivity contribution in [2.75, 3.05) is 49.5 Å². The zero-order valence-corrected chi connectivity index (χ0v) is 32.7. The van der Waals surface area contributed by atoms with E-state index < -0.39 is 29.7 Å². The highest BCUT2D eigenvalue weighted by Crippen LogP contribution is 2.35. The van der Waals surface area contributed by atoms with E-state index in [1.165, 1.54) is 6.33 Å². The number of carbonyl (C=O) groups excluding carboxylic acids is 5. The molecular formula is C43H40ClN9O6. The lowest BCUT2D eigenvalue weighted by molar-refractivity contribution is -0.136. The minimum absolute atomic E-state index is 0.0883. The molecule has 0 spiro atoms. The van der Waals surface area contributed by atoms with Crippen LogP contribution in [-0.4, -0.2) is 122 Å². The van der Waals surface area contributed by atoms with E-state index in [0.29, 0.717) is 57.1 Å². The summed E-state index contributed by atoms with van der Waals surface area (Å²) >= 11 is 6.63. The van der Waals surface area contributed by atoms with Gasteiger partial charge in [0, 0.05) is 87.3 Å². The molecule has 5 aliphatic heterocycles. The highest BCUT2D eigenvalue weighted by atomic mass is 35.5. The van der Waals surface area contributed by atoms with Crippen LogP contribution in [0.15, 0.2) is 79.3 Å². The minimum Gasteiger partial charge on any atom is -0.457 e. The molecule has 15 nitrogen and oxygen atoms in total. The number of aromatic amines is 1. The van der Waals surface area contributed by atoms with Crippen LogP contribution in [0, 0.1) is 0 Å². The van der Waals surface area contributed by atoms with Crippen molar-refractivity contribution in [1.82, 2.24) is 35.0 Å². The maximum atomic E-state index is 13.9. The van der Waals surface area contributed by atoms with E-state index in [1.807, 2.05) is 36.4 Å². The van der Waals surface area contributed by atoms with Crippen molar-refractivity contribution in [3.63, 3.8) is 0 Å². The van der Waals surface area contributed by atoms with Crippen LogP contribution in [-0.2, 0) is 9.59 Å². The van der Waals surface area contributed by atoms with Crippen LogP contribution in [0.25, 0.3) is 11.0 Å². The first-order valence-electron chi connectivity index (χ1n) is 19.9. The molecule has 10 rings (SSSR count). The zero-order chi connectivity index (χ0) is 40.4. The van der Waals surface area contributed by atoms with Gasteiger partial charge in [0.05, 0.1) is 27.1 Å². The lowest BCUT2D eigenvalue weighted by Crippen LogP contribution is -2.70. The second kappa shape index (κ2) is 14.9. The van der Waals surface area contributed by atoms with Crippen molar-refractivity contribution in [1.29, 1.82) is 0 Å². The normalized spacial score (nSPS) is 20.7. The lowest BCUT2D eigenvalue weighted by atomic mass is 9.95. The van der Waals surface area contributed by atoms with Crippen LogP contribution in [0.4, 0.5) is 11.5 Å². The number of nitrogens with zero attached hydrogens (tertiary/aromatic N) is 6. The molecule has 3 aromatic carbocycles. The maximum absolute atomic E-state index is 13.9. The molecule has 0 bridgehead atoms. The van der Waals surface area contributed by atoms with Crippen molar-refractivity contribution in [2.45, 2.75) is 49.9 Å². The number of fused-ring (bicyclic) bond motifs is 2. The molecule has 1 atom stereocenters. The van der Waals surface area contributed by atoms with Crippen molar-refractivity contribution < 1.29 is 28.7 Å². The first-order valence-corrected chi connectivity index (χ1v) is 20.3. The standard InChI is InChI=1S/C43H40ClN9O6/c44-34-17-29(59-28-4-2-1-3-5-28)7-9-31(34)38(55)33-18-45-39-37(33)40(47-23-46-39)48-24-12-14-50(15-13-24)26-19-52(20-26)27-21-51(22-27)25-6-8-30-32(16-25)43(58)53(42(30)57)35-10-11-36(54)49-41(35)56/h1-9,16-18,23-24,26-27,35H,10-15,19-22H2,(H,49,54,56)(H2,45,46,47,48). The Morgan fingerprint density at radius 2 is 1.56 bits per heavy atom. The Bertz CT molecular complexity index is 2530. The lowest BCUT2D eigenvalue weighted by Gasteiger charge is -2.55. The van der Waals surface area contributed by atoms with Crippen LogP contribution in [0.3, 0.4) is 0 Å². The van der Waals surface area contributed by atoms with Gasteiger partial charge in [-0.25, -0.2) is 9.97 Å². The van der Waals surface area contributed by atoms with Gasteiger partial charge < -0.3 is 19.9 Å². The summed E-state index contributed by atoms with van der Waals surface area (Å²) in [4.78, 5) is 84.7. The number of rotatable bonds is 10. The molecule has 7 heterocycles. The molecule has 300 valence electrons. The molecule has 0 aliphatic carbocycles. The number of halogens is 1.